The summed E-state index contributed by atoms with van der Waals surface area (Å²) in [6.07, 6.45) is 3.04. The van der Waals surface area contributed by atoms with Gasteiger partial charge in [-0.3, -0.25) is 4.79 Å². The number of anilines is 1. The van der Waals surface area contributed by atoms with Gasteiger partial charge in [-0.25, -0.2) is 0 Å². The highest BCUT2D eigenvalue weighted by Crippen LogP contribution is 2.23. The van der Waals surface area contributed by atoms with E-state index in [1.807, 2.05) is 36.6 Å². The fourth-order valence-electron chi connectivity index (χ4n) is 1.88. The van der Waals surface area contributed by atoms with Gasteiger partial charge in [0.25, 0.3) is 0 Å². The molecule has 0 aliphatic heterocycles. The molecule has 0 radical (unpaired) electrons. The zero-order chi connectivity index (χ0) is 15.2. The Hall–Kier alpha value is -1.16. The number of aryl methyl sites for hydroxylation is 1. The fourth-order valence-corrected chi connectivity index (χ4v) is 2.66. The predicted molar refractivity (Wildman–Crippen MR) is 91.6 cm³/mol. The molecular formula is C16H15Cl2NOS. The number of carbonyl (C=O) groups is 1. The van der Waals surface area contributed by atoms with Gasteiger partial charge in [-0.1, -0.05) is 35.3 Å². The normalized spacial score (nSPS) is 10.4. The molecule has 2 nitrogen and oxygen atoms in total. The molecule has 2 aromatic carbocycles. The van der Waals surface area contributed by atoms with Crippen LogP contribution in [0.15, 0.2) is 47.4 Å². The van der Waals surface area contributed by atoms with Crippen LogP contribution in [0.1, 0.15) is 12.0 Å². The van der Waals surface area contributed by atoms with E-state index in [0.29, 0.717) is 22.9 Å². The molecule has 0 bridgehead atoms. The van der Waals surface area contributed by atoms with E-state index >= 15 is 0 Å². The van der Waals surface area contributed by atoms with Crippen molar-refractivity contribution in [2.75, 3.05) is 11.6 Å². The van der Waals surface area contributed by atoms with Gasteiger partial charge in [0.1, 0.15) is 0 Å². The van der Waals surface area contributed by atoms with Gasteiger partial charge >= 0.3 is 0 Å². The van der Waals surface area contributed by atoms with Crippen LogP contribution in [-0.4, -0.2) is 12.2 Å². The number of thioether (sulfide) groups is 1. The molecule has 0 unspecified atom stereocenters. The topological polar surface area (TPSA) is 29.1 Å². The van der Waals surface area contributed by atoms with Crippen molar-refractivity contribution < 1.29 is 4.79 Å². The van der Waals surface area contributed by atoms with Crippen molar-refractivity contribution in [3.8, 4) is 0 Å². The van der Waals surface area contributed by atoms with Crippen LogP contribution in [0.3, 0.4) is 0 Å². The van der Waals surface area contributed by atoms with E-state index in [2.05, 4.69) is 5.32 Å². The Labute approximate surface area is 138 Å². The molecule has 1 amide bonds. The van der Waals surface area contributed by atoms with Crippen molar-refractivity contribution in [3.63, 3.8) is 0 Å². The molecule has 0 heterocycles. The first-order chi connectivity index (χ1) is 10.1. The van der Waals surface area contributed by atoms with Crippen LogP contribution < -0.4 is 5.32 Å². The first-order valence-corrected chi connectivity index (χ1v) is 8.44. The summed E-state index contributed by atoms with van der Waals surface area (Å²) in [5, 5.41) is 3.94. The summed E-state index contributed by atoms with van der Waals surface area (Å²) in [6, 6.07) is 13.2. The maximum atomic E-state index is 12.0. The Kier molecular flexibility index (Phi) is 5.97. The minimum Gasteiger partial charge on any atom is -0.326 e. The molecule has 0 aromatic heterocycles. The Balaban J connectivity index is 1.90. The second-order valence-electron chi connectivity index (χ2n) is 4.53. The highest BCUT2D eigenvalue weighted by atomic mass is 35.5. The first kappa shape index (κ1) is 16.2. The van der Waals surface area contributed by atoms with Gasteiger partial charge in [0.2, 0.25) is 5.91 Å². The van der Waals surface area contributed by atoms with Gasteiger partial charge < -0.3 is 5.32 Å². The summed E-state index contributed by atoms with van der Waals surface area (Å²) >= 11 is 13.5. The molecule has 0 spiro atoms. The molecule has 0 saturated carbocycles. The lowest BCUT2D eigenvalue weighted by Crippen LogP contribution is -2.12. The number of nitrogens with one attached hydrogen (secondary N) is 1. The molecule has 21 heavy (non-hydrogen) atoms. The lowest BCUT2D eigenvalue weighted by Gasteiger charge is -2.07. The summed E-state index contributed by atoms with van der Waals surface area (Å²) in [7, 11) is 0. The molecule has 0 fully saturated rings. The standard InChI is InChI=1S/C16H15Cl2NOS/c1-21-13-4-2-3-12(10-13)19-16(20)8-6-11-5-7-14(17)15(18)9-11/h2-5,7,9-10H,6,8H2,1H3,(H,19,20). The fraction of sp³-hybridized carbons (Fsp3) is 0.188. The summed E-state index contributed by atoms with van der Waals surface area (Å²) in [6.45, 7) is 0. The van der Waals surface area contributed by atoms with Crippen LogP contribution in [0.25, 0.3) is 0 Å². The molecule has 1 N–H and O–H groups in total. The van der Waals surface area contributed by atoms with Crippen molar-refractivity contribution in [3.05, 3.63) is 58.1 Å². The molecule has 2 rings (SSSR count). The summed E-state index contributed by atoms with van der Waals surface area (Å²) < 4.78 is 0. The maximum Gasteiger partial charge on any atom is 0.224 e. The van der Waals surface area contributed by atoms with Crippen molar-refractivity contribution in [1.82, 2.24) is 0 Å². The van der Waals surface area contributed by atoms with E-state index < -0.39 is 0 Å². The number of hydrogen-bond acceptors (Lipinski definition) is 2. The SMILES string of the molecule is CSc1cccc(NC(=O)CCc2ccc(Cl)c(Cl)c2)c1. The zero-order valence-corrected chi connectivity index (χ0v) is 13.9. The summed E-state index contributed by atoms with van der Waals surface area (Å²) in [5.41, 5.74) is 1.82. The van der Waals surface area contributed by atoms with E-state index in [4.69, 9.17) is 23.2 Å². The Morgan fingerprint density at radius 1 is 1.14 bits per heavy atom. The number of benzene rings is 2. The van der Waals surface area contributed by atoms with Crippen molar-refractivity contribution in [2.45, 2.75) is 17.7 Å². The number of hydrogen-bond donors (Lipinski definition) is 1. The van der Waals surface area contributed by atoms with Gasteiger partial charge in [-0.05, 0) is 48.6 Å². The molecule has 0 saturated heterocycles. The van der Waals surface area contributed by atoms with E-state index in [1.165, 1.54) is 0 Å². The summed E-state index contributed by atoms with van der Waals surface area (Å²) in [5.74, 6) is -0.0145. The van der Waals surface area contributed by atoms with Gasteiger partial charge in [-0.2, -0.15) is 0 Å². The smallest absolute Gasteiger partial charge is 0.224 e. The second-order valence-corrected chi connectivity index (χ2v) is 6.22. The van der Waals surface area contributed by atoms with E-state index in [9.17, 15) is 4.79 Å². The van der Waals surface area contributed by atoms with Crippen LogP contribution in [0, 0.1) is 0 Å². The van der Waals surface area contributed by atoms with Gasteiger partial charge in [-0.15, -0.1) is 11.8 Å². The third kappa shape index (κ3) is 4.95. The van der Waals surface area contributed by atoms with Crippen molar-refractivity contribution in [2.24, 2.45) is 0 Å². The van der Waals surface area contributed by atoms with Crippen LogP contribution >= 0.6 is 35.0 Å². The average molecular weight is 340 g/mol. The molecular weight excluding hydrogens is 325 g/mol. The van der Waals surface area contributed by atoms with Gasteiger partial charge in [0, 0.05) is 17.0 Å². The number of carbonyl (C=O) groups excluding carboxylic acids is 1. The quantitative estimate of drug-likeness (QED) is 0.750. The number of amides is 1. The number of halogens is 2. The average Bonchev–Trinajstić information content (AvgIpc) is 2.48. The van der Waals surface area contributed by atoms with E-state index in [1.54, 1.807) is 23.9 Å². The van der Waals surface area contributed by atoms with E-state index in [-0.39, 0.29) is 5.91 Å². The highest BCUT2D eigenvalue weighted by molar-refractivity contribution is 7.98. The molecule has 5 heteroatoms. The highest BCUT2D eigenvalue weighted by Gasteiger charge is 2.05. The van der Waals surface area contributed by atoms with Gasteiger partial charge in [0.05, 0.1) is 10.0 Å². The second kappa shape index (κ2) is 7.74. The van der Waals surface area contributed by atoms with Crippen LogP contribution in [-0.2, 0) is 11.2 Å². The Bertz CT molecular complexity index is 646. The minimum atomic E-state index is -0.0145. The maximum absolute atomic E-state index is 12.0. The minimum absolute atomic E-state index is 0.0145. The third-order valence-electron chi connectivity index (χ3n) is 2.98. The molecule has 0 atom stereocenters. The largest absolute Gasteiger partial charge is 0.326 e. The molecule has 110 valence electrons. The molecule has 0 aliphatic carbocycles. The lowest BCUT2D eigenvalue weighted by atomic mass is 10.1. The van der Waals surface area contributed by atoms with Crippen LogP contribution in [0.2, 0.25) is 10.0 Å². The number of rotatable bonds is 5. The zero-order valence-electron chi connectivity index (χ0n) is 11.5. The Morgan fingerprint density at radius 2 is 1.95 bits per heavy atom. The first-order valence-electron chi connectivity index (χ1n) is 6.46. The third-order valence-corrected chi connectivity index (χ3v) is 4.44. The Morgan fingerprint density at radius 3 is 2.67 bits per heavy atom. The van der Waals surface area contributed by atoms with Crippen molar-refractivity contribution in [1.29, 1.82) is 0 Å². The lowest BCUT2D eigenvalue weighted by molar-refractivity contribution is -0.116. The monoisotopic (exact) mass is 339 g/mol. The predicted octanol–water partition coefficient (Wildman–Crippen LogP) is 5.29. The van der Waals surface area contributed by atoms with E-state index in [0.717, 1.165) is 16.1 Å². The van der Waals surface area contributed by atoms with Crippen LogP contribution in [0.5, 0.6) is 0 Å². The summed E-state index contributed by atoms with van der Waals surface area (Å²) in [4.78, 5) is 13.1. The molecule has 2 aromatic rings. The van der Waals surface area contributed by atoms with Crippen molar-refractivity contribution >= 4 is 46.6 Å². The molecule has 0 aliphatic rings. The van der Waals surface area contributed by atoms with Gasteiger partial charge in [0.15, 0.2) is 0 Å². The van der Waals surface area contributed by atoms with Crippen LogP contribution in [0.4, 0.5) is 5.69 Å².